The lowest BCUT2D eigenvalue weighted by Crippen LogP contribution is -2.45. The van der Waals surface area contributed by atoms with Gasteiger partial charge in [-0.3, -0.25) is 9.80 Å². The fourth-order valence-electron chi connectivity index (χ4n) is 7.33. The van der Waals surface area contributed by atoms with Gasteiger partial charge in [0, 0.05) is 61.2 Å². The summed E-state index contributed by atoms with van der Waals surface area (Å²) in [6, 6.07) is 16.6. The third kappa shape index (κ3) is 6.21. The number of rotatable bonds is 9. The third-order valence-electron chi connectivity index (χ3n) is 9.38. The molecule has 2 saturated heterocycles. The van der Waals surface area contributed by atoms with Crippen LogP contribution in [0.5, 0.6) is 0 Å². The first-order chi connectivity index (χ1) is 20.7. The van der Waals surface area contributed by atoms with Gasteiger partial charge in [0.1, 0.15) is 11.6 Å². The molecule has 2 atom stereocenters. The maximum Gasteiger partial charge on any atom is 0.326 e. The molecule has 3 aliphatic rings. The fraction of sp³-hybridized carbons (Fsp3) is 0.500. The zero-order valence-electron chi connectivity index (χ0n) is 25.0. The average Bonchev–Trinajstić information content (AvgIpc) is 3.46. The van der Waals surface area contributed by atoms with Crippen LogP contribution in [0.4, 0.5) is 20.6 Å². The Morgan fingerprint density at radius 3 is 2.42 bits per heavy atom. The number of amides is 2. The molecule has 2 unspecified atom stereocenters. The van der Waals surface area contributed by atoms with Crippen molar-refractivity contribution in [3.63, 3.8) is 0 Å². The molecule has 0 radical (unpaired) electrons. The van der Waals surface area contributed by atoms with Crippen LogP contribution in [-0.4, -0.2) is 70.7 Å². The number of benzene rings is 2. The van der Waals surface area contributed by atoms with E-state index in [4.69, 9.17) is 4.98 Å². The maximum atomic E-state index is 13.4. The van der Waals surface area contributed by atoms with Crippen molar-refractivity contribution < 1.29 is 17.6 Å². The Morgan fingerprint density at radius 1 is 1.05 bits per heavy atom. The van der Waals surface area contributed by atoms with Crippen LogP contribution in [0, 0.1) is 12.7 Å². The average molecular weight is 609 g/mol. The molecule has 9 nitrogen and oxygen atoms in total. The van der Waals surface area contributed by atoms with E-state index in [1.54, 1.807) is 28.3 Å². The molecule has 4 heterocycles. The van der Waals surface area contributed by atoms with Crippen molar-refractivity contribution in [2.45, 2.75) is 77.0 Å². The highest BCUT2D eigenvalue weighted by atomic mass is 32.2. The minimum absolute atomic E-state index is 0.117. The summed E-state index contributed by atoms with van der Waals surface area (Å²) in [5.41, 5.74) is 3.51. The van der Waals surface area contributed by atoms with Gasteiger partial charge in [-0.1, -0.05) is 18.2 Å². The van der Waals surface area contributed by atoms with Gasteiger partial charge in [0.25, 0.3) is 0 Å². The Morgan fingerprint density at radius 2 is 1.74 bits per heavy atom. The molecule has 3 aliphatic heterocycles. The van der Waals surface area contributed by atoms with Crippen LogP contribution in [0.3, 0.4) is 0 Å². The molecule has 2 amide bonds. The van der Waals surface area contributed by atoms with Gasteiger partial charge in [-0.2, -0.15) is 4.31 Å². The summed E-state index contributed by atoms with van der Waals surface area (Å²) in [6.45, 7) is 6.13. The van der Waals surface area contributed by atoms with Gasteiger partial charge >= 0.3 is 6.03 Å². The number of hydrogen-bond donors (Lipinski definition) is 1. The molecule has 1 N–H and O–H groups in total. The topological polar surface area (TPSA) is 90.8 Å². The van der Waals surface area contributed by atoms with Crippen LogP contribution in [0.1, 0.15) is 62.3 Å². The summed E-state index contributed by atoms with van der Waals surface area (Å²) in [7, 11) is -3.23. The van der Waals surface area contributed by atoms with Gasteiger partial charge in [-0.25, -0.2) is 22.6 Å². The van der Waals surface area contributed by atoms with E-state index in [0.29, 0.717) is 49.9 Å². The van der Waals surface area contributed by atoms with Crippen LogP contribution in [-0.2, 0) is 23.0 Å². The summed E-state index contributed by atoms with van der Waals surface area (Å²) in [6.07, 6.45) is 6.01. The molecule has 43 heavy (non-hydrogen) atoms. The maximum absolute atomic E-state index is 13.4. The summed E-state index contributed by atoms with van der Waals surface area (Å²) in [4.78, 5) is 22.6. The van der Waals surface area contributed by atoms with Crippen molar-refractivity contribution in [1.29, 1.82) is 0 Å². The molecule has 2 bridgehead atoms. The number of halogens is 1. The van der Waals surface area contributed by atoms with Crippen molar-refractivity contribution >= 4 is 27.4 Å². The molecule has 11 heteroatoms. The fourth-order valence-corrected chi connectivity index (χ4v) is 8.39. The van der Waals surface area contributed by atoms with E-state index < -0.39 is 10.0 Å². The number of carbonyl (C=O) groups excluding carboxylic acids is 1. The smallest absolute Gasteiger partial charge is 0.326 e. The highest BCUT2D eigenvalue weighted by Gasteiger charge is 2.42. The first-order valence-electron chi connectivity index (χ1n) is 15.4. The van der Waals surface area contributed by atoms with Crippen molar-refractivity contribution in [2.24, 2.45) is 0 Å². The first kappa shape index (κ1) is 29.8. The Hall–Kier alpha value is -3.28. The van der Waals surface area contributed by atoms with Crippen molar-refractivity contribution in [3.05, 3.63) is 77.6 Å². The minimum atomic E-state index is -3.23. The zero-order valence-corrected chi connectivity index (χ0v) is 25.8. The number of urea groups is 1. The number of carbonyl (C=O) groups is 1. The number of aromatic nitrogens is 2. The Labute approximate surface area is 253 Å². The molecule has 0 saturated carbocycles. The Bertz CT molecular complexity index is 1530. The van der Waals surface area contributed by atoms with E-state index in [1.165, 1.54) is 30.7 Å². The van der Waals surface area contributed by atoms with Crippen molar-refractivity contribution in [2.75, 3.05) is 35.6 Å². The predicted molar refractivity (Wildman–Crippen MR) is 166 cm³/mol. The van der Waals surface area contributed by atoms with Gasteiger partial charge in [-0.15, -0.1) is 0 Å². The van der Waals surface area contributed by atoms with E-state index in [1.807, 2.05) is 30.3 Å². The number of para-hydroxylation sites is 1. The van der Waals surface area contributed by atoms with Gasteiger partial charge < -0.3 is 9.88 Å². The number of nitrogens with one attached hydrogen (secondary N) is 1. The second-order valence-electron chi connectivity index (χ2n) is 11.9. The monoisotopic (exact) mass is 608 g/mol. The van der Waals surface area contributed by atoms with E-state index >= 15 is 0 Å². The quantitative estimate of drug-likeness (QED) is 0.355. The normalized spacial score (nSPS) is 22.3. The molecule has 0 spiro atoms. The molecule has 2 fully saturated rings. The lowest BCUT2D eigenvalue weighted by molar-refractivity contribution is 0.104. The Balaban J connectivity index is 1.10. The Kier molecular flexibility index (Phi) is 8.57. The summed E-state index contributed by atoms with van der Waals surface area (Å²) in [5, 5.41) is 2.91. The minimum Gasteiger partial charge on any atom is -0.329 e. The lowest BCUT2D eigenvalue weighted by Gasteiger charge is -2.41. The van der Waals surface area contributed by atoms with Crippen molar-refractivity contribution in [1.82, 2.24) is 18.8 Å². The van der Waals surface area contributed by atoms with E-state index in [0.717, 1.165) is 43.0 Å². The van der Waals surface area contributed by atoms with Crippen molar-refractivity contribution in [3.8, 4) is 0 Å². The SMILES string of the molecule is CCS(=O)(=O)N1CCc2c(nc(C)n2C2CC3CCC(C2)N3CCCN(C(=O)Nc2ccc(F)cc2)c2ccccc2)C1. The van der Waals surface area contributed by atoms with E-state index in [9.17, 15) is 17.6 Å². The third-order valence-corrected chi connectivity index (χ3v) is 11.2. The van der Waals surface area contributed by atoms with Crippen LogP contribution in [0.15, 0.2) is 54.6 Å². The molecular formula is C32H41FN6O3S. The number of aryl methyl sites for hydroxylation is 1. The zero-order chi connectivity index (χ0) is 30.1. The van der Waals surface area contributed by atoms with Gasteiger partial charge in [0.05, 0.1) is 18.0 Å². The van der Waals surface area contributed by atoms with E-state index in [-0.39, 0.29) is 17.6 Å². The van der Waals surface area contributed by atoms with Crippen LogP contribution in [0.25, 0.3) is 0 Å². The van der Waals surface area contributed by atoms with Crippen LogP contribution in [0.2, 0.25) is 0 Å². The summed E-state index contributed by atoms with van der Waals surface area (Å²) < 4.78 is 42.3. The first-order valence-corrected chi connectivity index (χ1v) is 17.0. The molecule has 3 aromatic rings. The second kappa shape index (κ2) is 12.4. The lowest BCUT2D eigenvalue weighted by atomic mass is 9.96. The van der Waals surface area contributed by atoms with Crippen LogP contribution >= 0.6 is 0 Å². The number of piperidine rings is 1. The molecular weight excluding hydrogens is 567 g/mol. The standard InChI is InChI=1S/C32H41FN6O3S/c1-3-43(41,42)36-19-16-31-30(22-36)34-23(2)39(31)29-20-27-14-15-28(21-29)37(27)17-7-18-38(26-8-5-4-6-9-26)32(40)35-25-12-10-24(33)11-13-25/h4-6,8-13,27-29H,3,7,14-22H2,1-2H3,(H,35,40). The second-order valence-corrected chi connectivity index (χ2v) is 14.2. The predicted octanol–water partition coefficient (Wildman–Crippen LogP) is 5.34. The highest BCUT2D eigenvalue weighted by Crippen LogP contribution is 2.42. The number of anilines is 2. The highest BCUT2D eigenvalue weighted by molar-refractivity contribution is 7.89. The molecule has 1 aromatic heterocycles. The summed E-state index contributed by atoms with van der Waals surface area (Å²) >= 11 is 0. The molecule has 6 rings (SSSR count). The van der Waals surface area contributed by atoms with Gasteiger partial charge in [0.15, 0.2) is 0 Å². The van der Waals surface area contributed by atoms with Gasteiger partial charge in [0.2, 0.25) is 10.0 Å². The number of imidazole rings is 1. The molecule has 2 aromatic carbocycles. The van der Waals surface area contributed by atoms with Gasteiger partial charge in [-0.05, 0) is 82.3 Å². The molecule has 0 aliphatic carbocycles. The molecule has 230 valence electrons. The largest absolute Gasteiger partial charge is 0.329 e. The number of sulfonamides is 1. The van der Waals surface area contributed by atoms with Crippen LogP contribution < -0.4 is 10.2 Å². The number of fused-ring (bicyclic) bond motifs is 3. The summed E-state index contributed by atoms with van der Waals surface area (Å²) in [5.74, 6) is 0.768. The number of nitrogens with zero attached hydrogens (tertiary/aromatic N) is 5. The number of hydrogen-bond acceptors (Lipinski definition) is 5. The van der Waals surface area contributed by atoms with E-state index in [2.05, 4.69) is 21.7 Å².